The van der Waals surface area contributed by atoms with E-state index in [0.29, 0.717) is 18.5 Å². The van der Waals surface area contributed by atoms with Crippen LogP contribution in [-0.4, -0.2) is 31.0 Å². The number of rotatable bonds is 3. The average molecular weight is 299 g/mol. The lowest BCUT2D eigenvalue weighted by atomic mass is 10.1. The van der Waals surface area contributed by atoms with E-state index in [1.54, 1.807) is 7.05 Å². The Kier molecular flexibility index (Phi) is 4.44. The van der Waals surface area contributed by atoms with Crippen LogP contribution in [0, 0.1) is 5.92 Å². The number of aliphatic imine (C=N–C) groups is 1. The number of halogens is 3. The van der Waals surface area contributed by atoms with Crippen LogP contribution < -0.4 is 5.32 Å². The zero-order valence-electron chi connectivity index (χ0n) is 12.4. The lowest BCUT2D eigenvalue weighted by Crippen LogP contribution is -2.40. The van der Waals surface area contributed by atoms with E-state index in [0.717, 1.165) is 30.1 Å². The molecule has 2 unspecified atom stereocenters. The van der Waals surface area contributed by atoms with Crippen LogP contribution in [0.1, 0.15) is 24.5 Å². The van der Waals surface area contributed by atoms with Crippen LogP contribution >= 0.6 is 0 Å². The Bertz CT molecular complexity index is 508. The molecule has 6 heteroatoms. The first-order chi connectivity index (χ1) is 9.81. The van der Waals surface area contributed by atoms with Crippen molar-refractivity contribution in [1.82, 2.24) is 10.2 Å². The molecular formula is C15H20F3N3. The van der Waals surface area contributed by atoms with Crippen molar-refractivity contribution >= 4 is 5.96 Å². The third kappa shape index (κ3) is 4.12. The van der Waals surface area contributed by atoms with Gasteiger partial charge in [-0.1, -0.05) is 19.1 Å². The van der Waals surface area contributed by atoms with E-state index >= 15 is 0 Å². The molecule has 1 aromatic carbocycles. The minimum atomic E-state index is -4.29. The summed E-state index contributed by atoms with van der Waals surface area (Å²) in [6.07, 6.45) is -3.16. The first kappa shape index (κ1) is 15.7. The van der Waals surface area contributed by atoms with Crippen LogP contribution in [0.5, 0.6) is 0 Å². The van der Waals surface area contributed by atoms with Crippen molar-refractivity contribution in [2.45, 2.75) is 32.1 Å². The van der Waals surface area contributed by atoms with E-state index < -0.39 is 11.7 Å². The molecule has 3 nitrogen and oxygen atoms in total. The van der Waals surface area contributed by atoms with Gasteiger partial charge in [-0.05, 0) is 30.0 Å². The van der Waals surface area contributed by atoms with E-state index in [-0.39, 0.29) is 0 Å². The second-order valence-electron chi connectivity index (χ2n) is 5.56. The Morgan fingerprint density at radius 3 is 2.33 bits per heavy atom. The van der Waals surface area contributed by atoms with Gasteiger partial charge in [0.15, 0.2) is 5.96 Å². The summed E-state index contributed by atoms with van der Waals surface area (Å²) >= 11 is 0. The Morgan fingerprint density at radius 2 is 1.90 bits per heavy atom. The molecule has 1 N–H and O–H groups in total. The van der Waals surface area contributed by atoms with Gasteiger partial charge in [0.1, 0.15) is 0 Å². The zero-order valence-corrected chi connectivity index (χ0v) is 12.4. The topological polar surface area (TPSA) is 27.6 Å². The van der Waals surface area contributed by atoms with Gasteiger partial charge in [-0.25, -0.2) is 0 Å². The van der Waals surface area contributed by atoms with Crippen LogP contribution in [0.15, 0.2) is 29.3 Å². The highest BCUT2D eigenvalue weighted by Crippen LogP contribution is 2.30. The monoisotopic (exact) mass is 299 g/mol. The highest BCUT2D eigenvalue weighted by molar-refractivity contribution is 5.80. The van der Waals surface area contributed by atoms with Crippen molar-refractivity contribution in [3.8, 4) is 0 Å². The number of nitrogens with one attached hydrogen (secondary N) is 1. The molecule has 1 aromatic rings. The predicted molar refractivity (Wildman–Crippen MR) is 77.0 cm³/mol. The Morgan fingerprint density at radius 1 is 1.33 bits per heavy atom. The van der Waals surface area contributed by atoms with Gasteiger partial charge >= 0.3 is 6.18 Å². The maximum Gasteiger partial charge on any atom is 0.416 e. The van der Waals surface area contributed by atoms with Gasteiger partial charge in [-0.15, -0.1) is 0 Å². The van der Waals surface area contributed by atoms with Crippen molar-refractivity contribution in [2.24, 2.45) is 10.9 Å². The summed E-state index contributed by atoms with van der Waals surface area (Å²) in [5.41, 5.74) is 0.195. The fraction of sp³-hybridized carbons (Fsp3) is 0.533. The smallest absolute Gasteiger partial charge is 0.353 e. The summed E-state index contributed by atoms with van der Waals surface area (Å²) in [6, 6.07) is 5.70. The van der Waals surface area contributed by atoms with Crippen molar-refractivity contribution < 1.29 is 13.2 Å². The summed E-state index contributed by atoms with van der Waals surface area (Å²) in [7, 11) is 3.58. The standard InChI is InChI=1S/C15H20F3N3/c1-10-8-13(10)20-14(19-2)21(3)9-11-4-6-12(7-5-11)15(16,17)18/h4-7,10,13H,8-9H2,1-3H3,(H,19,20). The van der Waals surface area contributed by atoms with Gasteiger partial charge in [0.2, 0.25) is 0 Å². The molecule has 0 heterocycles. The third-order valence-corrected chi connectivity index (χ3v) is 3.70. The van der Waals surface area contributed by atoms with E-state index in [1.165, 1.54) is 12.1 Å². The maximum atomic E-state index is 12.5. The fourth-order valence-electron chi connectivity index (χ4n) is 2.18. The molecule has 1 aliphatic carbocycles. The molecule has 2 rings (SSSR count). The van der Waals surface area contributed by atoms with Crippen molar-refractivity contribution in [3.63, 3.8) is 0 Å². The lowest BCUT2D eigenvalue weighted by molar-refractivity contribution is -0.137. The minimum Gasteiger partial charge on any atom is -0.353 e. The molecule has 0 aliphatic heterocycles. The molecule has 21 heavy (non-hydrogen) atoms. The van der Waals surface area contributed by atoms with Crippen LogP contribution in [-0.2, 0) is 12.7 Å². The van der Waals surface area contributed by atoms with Gasteiger partial charge in [-0.2, -0.15) is 13.2 Å². The van der Waals surface area contributed by atoms with Crippen LogP contribution in [0.2, 0.25) is 0 Å². The molecule has 2 atom stereocenters. The predicted octanol–water partition coefficient (Wildman–Crippen LogP) is 3.12. The van der Waals surface area contributed by atoms with Crippen molar-refractivity contribution in [2.75, 3.05) is 14.1 Å². The minimum absolute atomic E-state index is 0.457. The first-order valence-electron chi connectivity index (χ1n) is 6.92. The van der Waals surface area contributed by atoms with Gasteiger partial charge in [0.05, 0.1) is 5.56 Å². The normalized spacial score (nSPS) is 22.1. The van der Waals surface area contributed by atoms with E-state index in [4.69, 9.17) is 0 Å². The SMILES string of the molecule is CN=C(NC1CC1C)N(C)Cc1ccc(C(F)(F)F)cc1. The molecule has 0 spiro atoms. The summed E-state index contributed by atoms with van der Waals surface area (Å²) < 4.78 is 37.5. The van der Waals surface area contributed by atoms with E-state index in [1.807, 2.05) is 11.9 Å². The Labute approximate surface area is 122 Å². The van der Waals surface area contributed by atoms with E-state index in [2.05, 4.69) is 17.2 Å². The number of hydrogen-bond acceptors (Lipinski definition) is 1. The molecule has 0 bridgehead atoms. The molecule has 0 saturated heterocycles. The number of nitrogens with zero attached hydrogens (tertiary/aromatic N) is 2. The molecule has 1 saturated carbocycles. The van der Waals surface area contributed by atoms with Gasteiger partial charge in [0.25, 0.3) is 0 Å². The number of guanidine groups is 1. The van der Waals surface area contributed by atoms with Crippen LogP contribution in [0.4, 0.5) is 13.2 Å². The largest absolute Gasteiger partial charge is 0.416 e. The molecule has 0 radical (unpaired) electrons. The summed E-state index contributed by atoms with van der Waals surface area (Å²) in [5.74, 6) is 1.42. The third-order valence-electron chi connectivity index (χ3n) is 3.70. The second kappa shape index (κ2) is 5.95. The number of hydrogen-bond donors (Lipinski definition) is 1. The summed E-state index contributed by atoms with van der Waals surface area (Å²) in [4.78, 5) is 6.12. The Hall–Kier alpha value is -1.72. The van der Waals surface area contributed by atoms with Gasteiger partial charge in [0, 0.05) is 26.7 Å². The molecule has 1 aliphatic rings. The molecule has 0 amide bonds. The highest BCUT2D eigenvalue weighted by atomic mass is 19.4. The fourth-order valence-corrected chi connectivity index (χ4v) is 2.18. The van der Waals surface area contributed by atoms with Crippen molar-refractivity contribution in [3.05, 3.63) is 35.4 Å². The molecule has 1 fully saturated rings. The lowest BCUT2D eigenvalue weighted by Gasteiger charge is -2.22. The highest BCUT2D eigenvalue weighted by Gasteiger charge is 2.34. The molecule has 116 valence electrons. The molecule has 0 aromatic heterocycles. The van der Waals surface area contributed by atoms with Gasteiger partial charge < -0.3 is 10.2 Å². The first-order valence-corrected chi connectivity index (χ1v) is 6.92. The number of benzene rings is 1. The van der Waals surface area contributed by atoms with Crippen molar-refractivity contribution in [1.29, 1.82) is 0 Å². The average Bonchev–Trinajstić information content (AvgIpc) is 3.11. The maximum absolute atomic E-state index is 12.5. The zero-order chi connectivity index (χ0) is 15.6. The van der Waals surface area contributed by atoms with Crippen LogP contribution in [0.3, 0.4) is 0 Å². The molecular weight excluding hydrogens is 279 g/mol. The van der Waals surface area contributed by atoms with Crippen LogP contribution in [0.25, 0.3) is 0 Å². The quantitative estimate of drug-likeness (QED) is 0.686. The van der Waals surface area contributed by atoms with E-state index in [9.17, 15) is 13.2 Å². The summed E-state index contributed by atoms with van der Waals surface area (Å²) in [5, 5.41) is 3.34. The summed E-state index contributed by atoms with van der Waals surface area (Å²) in [6.45, 7) is 2.68. The number of alkyl halides is 3. The Balaban J connectivity index is 1.96. The van der Waals surface area contributed by atoms with Gasteiger partial charge in [-0.3, -0.25) is 4.99 Å². The second-order valence-corrected chi connectivity index (χ2v) is 5.56.